The Morgan fingerprint density at radius 3 is 2.01 bits per heavy atom. The van der Waals surface area contributed by atoms with Crippen molar-refractivity contribution in [3.8, 4) is 0 Å². The molecule has 4 aliphatic rings. The summed E-state index contributed by atoms with van der Waals surface area (Å²) < 4.78 is 48.7. The van der Waals surface area contributed by atoms with Crippen LogP contribution in [-0.4, -0.2) is 240 Å². The normalized spacial score (nSPS) is 36.1. The number of ether oxygens (including phenoxy) is 8. The number of aliphatic carboxylic acids is 1. The molecule has 26 nitrogen and oxygen atoms in total. The molecule has 78 heavy (non-hydrogen) atoms. The van der Waals surface area contributed by atoms with Crippen molar-refractivity contribution < 1.29 is 119 Å². The molecule has 3 aromatic carbocycles. The second-order valence-electron chi connectivity index (χ2n) is 19.9. The van der Waals surface area contributed by atoms with Gasteiger partial charge in [0.2, 0.25) is 11.7 Å². The van der Waals surface area contributed by atoms with Crippen molar-refractivity contribution in [2.45, 2.75) is 174 Å². The third-order valence-corrected chi connectivity index (χ3v) is 14.4. The molecule has 0 aromatic heterocycles. The third-order valence-electron chi connectivity index (χ3n) is 14.4. The summed E-state index contributed by atoms with van der Waals surface area (Å²) in [5.74, 6) is -7.08. The van der Waals surface area contributed by atoms with Crippen LogP contribution in [0.4, 0.5) is 0 Å². The Hall–Kier alpha value is -4.47. The quantitative estimate of drug-likeness (QED) is 0.0394. The molecule has 0 aliphatic carbocycles. The number of amides is 2. The predicted octanol–water partition coefficient (Wildman–Crippen LogP) is -5.53. The van der Waals surface area contributed by atoms with Gasteiger partial charge in [-0.25, -0.2) is 0 Å². The highest BCUT2D eigenvalue weighted by Gasteiger charge is 2.59. The number of aryl methyl sites for hydroxylation is 2. The van der Waals surface area contributed by atoms with E-state index in [2.05, 4.69) is 10.6 Å². The first kappa shape index (κ1) is 61.2. The molecule has 0 bridgehead atoms. The van der Waals surface area contributed by atoms with Crippen LogP contribution in [0.25, 0.3) is 10.8 Å². The molecule has 4 heterocycles. The van der Waals surface area contributed by atoms with Crippen LogP contribution >= 0.6 is 0 Å². The number of nitrogens with one attached hydrogen (secondary N) is 2. The summed E-state index contributed by atoms with van der Waals surface area (Å²) in [6, 6.07) is 16.6. The number of fused-ring (bicyclic) bond motifs is 1. The maximum atomic E-state index is 14.5. The number of aliphatic hydroxyl groups excluding tert-OH is 12. The number of carboxylic acid groups (broad SMARTS) is 1. The van der Waals surface area contributed by atoms with Gasteiger partial charge in [-0.05, 0) is 66.6 Å². The molecular weight excluding hydrogens is 1040 g/mol. The number of hydrogen-bond acceptors (Lipinski definition) is 24. The number of carbonyl (C=O) groups is 3. The highest BCUT2D eigenvalue weighted by molar-refractivity contribution is 5.98. The number of carboxylic acids is 1. The smallest absolute Gasteiger partial charge is 0.251 e. The zero-order valence-electron chi connectivity index (χ0n) is 42.7. The largest absolute Gasteiger partial charge is 0.544 e. The molecule has 0 spiro atoms. The maximum absolute atomic E-state index is 14.5. The lowest BCUT2D eigenvalue weighted by Crippen LogP contribution is -2.72. The summed E-state index contributed by atoms with van der Waals surface area (Å²) in [7, 11) is 0. The molecular formula is C52H71N2O24-. The summed E-state index contributed by atoms with van der Waals surface area (Å²) in [6.07, 6.45) is -33.5. The Morgan fingerprint density at radius 2 is 1.36 bits per heavy atom. The van der Waals surface area contributed by atoms with Gasteiger partial charge in [0.05, 0.1) is 44.7 Å². The van der Waals surface area contributed by atoms with Gasteiger partial charge in [-0.15, -0.1) is 0 Å². The minimum Gasteiger partial charge on any atom is -0.544 e. The summed E-state index contributed by atoms with van der Waals surface area (Å²) >= 11 is 0. The van der Waals surface area contributed by atoms with Crippen molar-refractivity contribution in [1.29, 1.82) is 0 Å². The molecule has 3 aromatic rings. The molecule has 26 heteroatoms. The molecule has 0 radical (unpaired) electrons. The van der Waals surface area contributed by atoms with Crippen LogP contribution in [0.15, 0.2) is 66.7 Å². The van der Waals surface area contributed by atoms with E-state index >= 15 is 0 Å². The highest BCUT2D eigenvalue weighted by Crippen LogP contribution is 2.39. The first-order valence-corrected chi connectivity index (χ1v) is 25.7. The second-order valence-corrected chi connectivity index (χ2v) is 19.9. The summed E-state index contributed by atoms with van der Waals surface area (Å²) in [4.78, 5) is 39.8. The van der Waals surface area contributed by atoms with E-state index in [4.69, 9.17) is 37.9 Å². The highest BCUT2D eigenvalue weighted by atomic mass is 16.8. The molecule has 21 atom stereocenters. The Kier molecular flexibility index (Phi) is 21.4. The van der Waals surface area contributed by atoms with Crippen LogP contribution in [0, 0.1) is 0 Å². The molecule has 7 rings (SSSR count). The molecule has 4 saturated heterocycles. The monoisotopic (exact) mass is 1110 g/mol. The first-order valence-electron chi connectivity index (χ1n) is 25.7. The lowest BCUT2D eigenvalue weighted by Gasteiger charge is -2.53. The van der Waals surface area contributed by atoms with Crippen molar-refractivity contribution in [2.24, 2.45) is 0 Å². The van der Waals surface area contributed by atoms with E-state index in [1.807, 2.05) is 36.4 Å². The van der Waals surface area contributed by atoms with Gasteiger partial charge in [-0.3, -0.25) is 9.59 Å². The fourth-order valence-corrected chi connectivity index (χ4v) is 10.1. The average molecular weight is 1110 g/mol. The van der Waals surface area contributed by atoms with E-state index in [1.54, 1.807) is 30.3 Å². The molecule has 2 amide bonds. The van der Waals surface area contributed by atoms with E-state index in [0.29, 0.717) is 31.1 Å². The van der Waals surface area contributed by atoms with E-state index < -0.39 is 172 Å². The number of aliphatic hydroxyl groups is 12. The first-order chi connectivity index (χ1) is 37.2. The van der Waals surface area contributed by atoms with Gasteiger partial charge in [0.15, 0.2) is 18.9 Å². The van der Waals surface area contributed by atoms with Gasteiger partial charge in [-0.2, -0.15) is 0 Å². The number of rotatable bonds is 23. The second kappa shape index (κ2) is 27.3. The van der Waals surface area contributed by atoms with Crippen LogP contribution in [0.2, 0.25) is 0 Å². The SMILES string of the molecule is CC(=O)N[C@H]1[C@H]([C@H](O)[C@H](O)CO)O[C@@](O[C@H]2[C@@H](O)[C@@H](CO)O[C@@H](O[C@H]3[C@H](O[C@@H]4O[C@@H](C)[C@@H](O)[C@@H](O)[C@@H]4O)[C@@H](NC(=O)c4ccc5ccccc5c4)[C@H](OCCCc4cccc(CCCO)c4)O[C@@H]3CO)[C@@H]2O)(C(=O)[O-])C[C@@H]1O. The van der Waals surface area contributed by atoms with E-state index in [9.17, 15) is 80.8 Å². The van der Waals surface area contributed by atoms with Crippen LogP contribution in [0.1, 0.15) is 54.6 Å². The Labute approximate surface area is 447 Å². The van der Waals surface area contributed by atoms with Crippen molar-refractivity contribution in [3.63, 3.8) is 0 Å². The fraction of sp³-hybridized carbons (Fsp3) is 0.635. The van der Waals surface area contributed by atoms with Crippen molar-refractivity contribution >= 4 is 28.6 Å². The Balaban J connectivity index is 1.24. The van der Waals surface area contributed by atoms with E-state index in [-0.39, 0.29) is 18.8 Å². The Bertz CT molecular complexity index is 2440. The van der Waals surface area contributed by atoms with Gasteiger partial charge in [0, 0.05) is 25.5 Å². The van der Waals surface area contributed by atoms with Crippen LogP contribution < -0.4 is 15.7 Å². The van der Waals surface area contributed by atoms with Gasteiger partial charge in [0.1, 0.15) is 91.4 Å². The molecule has 4 fully saturated rings. The summed E-state index contributed by atoms with van der Waals surface area (Å²) in [5.41, 5.74) is 2.08. The molecule has 4 aliphatic heterocycles. The van der Waals surface area contributed by atoms with Crippen molar-refractivity contribution in [2.75, 3.05) is 33.0 Å². The zero-order valence-corrected chi connectivity index (χ0v) is 42.7. The molecule has 0 unspecified atom stereocenters. The minimum absolute atomic E-state index is 0.0232. The maximum Gasteiger partial charge on any atom is 0.251 e. The topological polar surface area (TPSA) is 415 Å². The van der Waals surface area contributed by atoms with Gasteiger partial charge in [0.25, 0.3) is 5.91 Å². The van der Waals surface area contributed by atoms with Gasteiger partial charge < -0.3 is 120 Å². The predicted molar refractivity (Wildman–Crippen MR) is 262 cm³/mol. The molecule has 14 N–H and O–H groups in total. The van der Waals surface area contributed by atoms with Gasteiger partial charge >= 0.3 is 0 Å². The lowest BCUT2D eigenvalue weighted by atomic mass is 9.88. The van der Waals surface area contributed by atoms with Crippen LogP contribution in [0.3, 0.4) is 0 Å². The summed E-state index contributed by atoms with van der Waals surface area (Å²) in [6.45, 7) is -0.777. The van der Waals surface area contributed by atoms with Crippen molar-refractivity contribution in [1.82, 2.24) is 10.6 Å². The number of hydrogen-bond donors (Lipinski definition) is 14. The lowest BCUT2D eigenvalue weighted by molar-refractivity contribution is -0.412. The fourth-order valence-electron chi connectivity index (χ4n) is 10.1. The molecule has 434 valence electrons. The standard InChI is InChI=1S/C52H72N2O24/c1-24-37(62)40(65)41(66)49(72-24)76-45-36(54-47(68)30-15-14-28-12-3-4-13-29(28)19-30)48(71-17-7-11-27-9-5-8-26(18-27)10-6-16-55)74-34(23-58)43(45)75-50-42(67)46(39(64)33(22-57)73-50)78-52(51(69)70)20-31(60)35(53-25(2)59)44(77-52)38(63)32(61)21-56/h3-5,8-9,12-15,18-19,24,31-46,48-50,55-58,60-67H,6-7,10-11,16-17,20-23H2,1-2H3,(H,53,59)(H,54,68)(H,69,70)/p-1/t24-,31-,32+,33+,34+,35+,36+,37+,38+,39-,40+,41-,42+,43+,44+,45+,46-,48+,49-,50-,52-/m0/s1. The van der Waals surface area contributed by atoms with Crippen molar-refractivity contribution in [3.05, 3.63) is 83.4 Å². The van der Waals surface area contributed by atoms with E-state index in [1.165, 1.54) is 6.92 Å². The number of benzene rings is 3. The average Bonchev–Trinajstić information content (AvgIpc) is 3.50. The van der Waals surface area contributed by atoms with Crippen LogP contribution in [-0.2, 0) is 60.3 Å². The Morgan fingerprint density at radius 1 is 0.705 bits per heavy atom. The van der Waals surface area contributed by atoms with Gasteiger partial charge in [-0.1, -0.05) is 54.6 Å². The molecule has 0 saturated carbocycles. The van der Waals surface area contributed by atoms with E-state index in [0.717, 1.165) is 23.4 Å². The third kappa shape index (κ3) is 14.0. The summed E-state index contributed by atoms with van der Waals surface area (Å²) in [5, 5.41) is 150. The zero-order chi connectivity index (χ0) is 56.6. The minimum atomic E-state index is -3.26. The van der Waals surface area contributed by atoms with Crippen LogP contribution in [0.5, 0.6) is 0 Å². The number of carbonyl (C=O) groups excluding carboxylic acids is 3.